The Hall–Kier alpha value is -3.27. The lowest BCUT2D eigenvalue weighted by atomic mass is 9.85. The molecule has 3 heterocycles. The Kier molecular flexibility index (Phi) is 16.0. The molecule has 1 aromatic carbocycles. The van der Waals surface area contributed by atoms with E-state index in [1.54, 1.807) is 34.9 Å². The fourth-order valence-electron chi connectivity index (χ4n) is 5.79. The Morgan fingerprint density at radius 1 is 1.17 bits per heavy atom. The highest BCUT2D eigenvalue weighted by atomic mass is 35.5. The Morgan fingerprint density at radius 2 is 1.92 bits per heavy atom. The molecule has 0 aliphatic carbocycles. The van der Waals surface area contributed by atoms with Crippen LogP contribution in [0.1, 0.15) is 61.6 Å². The first-order valence-corrected chi connectivity index (χ1v) is 16.9. The van der Waals surface area contributed by atoms with E-state index in [0.717, 1.165) is 22.7 Å². The zero-order chi connectivity index (χ0) is 33.8. The van der Waals surface area contributed by atoms with Gasteiger partial charge in [0.25, 0.3) is 5.88 Å². The number of likely N-dealkylation sites (tertiary alicyclic amines) is 1. The van der Waals surface area contributed by atoms with Crippen LogP contribution in [0.2, 0.25) is 0 Å². The van der Waals surface area contributed by atoms with Crippen LogP contribution in [0, 0.1) is 12.8 Å². The summed E-state index contributed by atoms with van der Waals surface area (Å²) in [5, 5.41) is 18.3. The van der Waals surface area contributed by atoms with Crippen molar-refractivity contribution in [3.63, 3.8) is 0 Å². The van der Waals surface area contributed by atoms with Crippen molar-refractivity contribution in [1.29, 1.82) is 0 Å². The van der Waals surface area contributed by atoms with E-state index in [4.69, 9.17) is 29.2 Å². The van der Waals surface area contributed by atoms with Crippen LogP contribution in [0.4, 0.5) is 0 Å². The first-order valence-electron chi connectivity index (χ1n) is 16.0. The van der Waals surface area contributed by atoms with Crippen LogP contribution in [0.15, 0.2) is 34.3 Å². The van der Waals surface area contributed by atoms with Gasteiger partial charge in [-0.25, -0.2) is 4.98 Å². The molecule has 0 bridgehead atoms. The molecule has 0 saturated carbocycles. The van der Waals surface area contributed by atoms with Crippen molar-refractivity contribution in [2.75, 3.05) is 60.3 Å². The Balaban J connectivity index is 0.00000625. The smallest absolute Gasteiger partial charge is 0.254 e. The van der Waals surface area contributed by atoms with Gasteiger partial charge in [-0.15, -0.1) is 23.7 Å². The van der Waals surface area contributed by atoms with Crippen LogP contribution in [0.3, 0.4) is 0 Å². The van der Waals surface area contributed by atoms with Crippen LogP contribution in [-0.2, 0) is 19.1 Å². The minimum atomic E-state index is -0.841. The fourth-order valence-corrected chi connectivity index (χ4v) is 6.59. The third-order valence-corrected chi connectivity index (χ3v) is 9.33. The molecule has 1 saturated heterocycles. The number of hydrogen-bond acceptors (Lipinski definition) is 12. The van der Waals surface area contributed by atoms with E-state index < -0.39 is 24.0 Å². The second kappa shape index (κ2) is 19.7. The Labute approximate surface area is 291 Å². The number of primary amides is 1. The number of ether oxygens (including phenoxy) is 4. The van der Waals surface area contributed by atoms with Gasteiger partial charge in [-0.05, 0) is 62.4 Å². The zero-order valence-corrected chi connectivity index (χ0v) is 29.6. The first kappa shape index (κ1) is 39.2. The van der Waals surface area contributed by atoms with E-state index in [2.05, 4.69) is 15.5 Å². The number of benzene rings is 1. The molecular formula is C33H48ClN5O8S. The van der Waals surface area contributed by atoms with E-state index in [1.165, 1.54) is 0 Å². The number of aliphatic hydroxyl groups excluding tert-OH is 1. The summed E-state index contributed by atoms with van der Waals surface area (Å²) in [6, 6.07) is 6.66. The lowest BCUT2D eigenvalue weighted by Gasteiger charge is -2.29. The molecule has 0 spiro atoms. The lowest BCUT2D eigenvalue weighted by Crippen LogP contribution is -2.46. The molecule has 4 N–H and O–H groups in total. The Bertz CT molecular complexity index is 1440. The molecule has 48 heavy (non-hydrogen) atoms. The number of nitrogens with zero attached hydrogens (tertiary/aromatic N) is 3. The predicted octanol–water partition coefficient (Wildman–Crippen LogP) is 3.88. The van der Waals surface area contributed by atoms with Gasteiger partial charge in [-0.1, -0.05) is 19.1 Å². The number of aryl methyl sites for hydroxylation is 1. The standard InChI is InChI=1S/C33H47N5O8S.ClH/c1-21(7-10-26(39)24-9-8-23(18-27(24)42-4)31-22(2)36-20-47-31)30(33(41)38-12-5-6-25(38)32(34)40)28-19-29(37-46-28)45-17-16-44-15-14-43-13-11-35-3;/h8-9,18-21,25-26,30,35,39H,5-7,10-17H2,1-4H3,(H2,34,40);1H/t21?,25?,26-,30-;/m0./s1. The van der Waals surface area contributed by atoms with Crippen LogP contribution in [0.5, 0.6) is 11.6 Å². The van der Waals surface area contributed by atoms with E-state index in [0.29, 0.717) is 75.7 Å². The number of carbonyl (C=O) groups is 2. The maximum atomic E-state index is 14.0. The second-order valence-corrected chi connectivity index (χ2v) is 12.5. The van der Waals surface area contributed by atoms with Gasteiger partial charge in [0.2, 0.25) is 11.8 Å². The molecule has 1 fully saturated rings. The van der Waals surface area contributed by atoms with Crippen molar-refractivity contribution in [2.45, 2.75) is 57.6 Å². The third-order valence-electron chi connectivity index (χ3n) is 8.35. The number of aromatic nitrogens is 2. The van der Waals surface area contributed by atoms with Gasteiger partial charge >= 0.3 is 0 Å². The third kappa shape index (κ3) is 10.4. The Morgan fingerprint density at radius 3 is 2.60 bits per heavy atom. The quantitative estimate of drug-likeness (QED) is 0.146. The van der Waals surface area contributed by atoms with E-state index in [-0.39, 0.29) is 36.7 Å². The molecule has 2 amide bonds. The van der Waals surface area contributed by atoms with Gasteiger partial charge in [-0.2, -0.15) is 0 Å². The monoisotopic (exact) mass is 709 g/mol. The molecular weight excluding hydrogens is 662 g/mol. The molecule has 4 rings (SSSR count). The molecule has 0 radical (unpaired) electrons. The van der Waals surface area contributed by atoms with Crippen LogP contribution in [-0.4, -0.2) is 98.3 Å². The normalized spacial score (nSPS) is 16.3. The number of thiazole rings is 1. The average molecular weight is 710 g/mol. The molecule has 1 aliphatic heterocycles. The van der Waals surface area contributed by atoms with Crippen LogP contribution < -0.4 is 20.5 Å². The van der Waals surface area contributed by atoms with Crippen molar-refractivity contribution in [1.82, 2.24) is 20.4 Å². The predicted molar refractivity (Wildman–Crippen MR) is 184 cm³/mol. The molecule has 13 nitrogen and oxygen atoms in total. The zero-order valence-electron chi connectivity index (χ0n) is 28.0. The minimum absolute atomic E-state index is 0. The van der Waals surface area contributed by atoms with Gasteiger partial charge in [0.05, 0.1) is 55.7 Å². The molecule has 3 aromatic rings. The van der Waals surface area contributed by atoms with E-state index >= 15 is 0 Å². The second-order valence-electron chi connectivity index (χ2n) is 11.6. The SMILES string of the molecule is CNCCOCCOCCOc1cc([C@@H](C(=O)N2CCCC2C(N)=O)C(C)CC[C@H](O)c2ccc(-c3scnc3C)cc2OC)on1.Cl. The summed E-state index contributed by atoms with van der Waals surface area (Å²) < 4.78 is 28.0. The summed E-state index contributed by atoms with van der Waals surface area (Å²) in [6.07, 6.45) is 1.18. The highest BCUT2D eigenvalue weighted by Crippen LogP contribution is 2.38. The number of likely N-dealkylation sites (N-methyl/N-ethyl adjacent to an activating group) is 1. The van der Waals surface area contributed by atoms with Crippen molar-refractivity contribution in [2.24, 2.45) is 11.7 Å². The van der Waals surface area contributed by atoms with Crippen molar-refractivity contribution in [3.8, 4) is 22.1 Å². The van der Waals surface area contributed by atoms with Crippen molar-refractivity contribution in [3.05, 3.63) is 46.8 Å². The molecule has 1 aliphatic rings. The average Bonchev–Trinajstić information content (AvgIpc) is 3.84. The van der Waals surface area contributed by atoms with Crippen molar-refractivity contribution >= 4 is 35.6 Å². The molecule has 15 heteroatoms. The summed E-state index contributed by atoms with van der Waals surface area (Å²) in [5.41, 5.74) is 10.0. The number of nitrogens with two attached hydrogens (primary N) is 1. The van der Waals surface area contributed by atoms with Crippen molar-refractivity contribution < 1.29 is 38.2 Å². The number of hydrogen-bond donors (Lipinski definition) is 3. The van der Waals surface area contributed by atoms with Gasteiger partial charge in [0.1, 0.15) is 24.3 Å². The molecule has 4 atom stereocenters. The number of aliphatic hydroxyl groups is 1. The summed E-state index contributed by atoms with van der Waals surface area (Å²) in [7, 11) is 3.44. The first-order chi connectivity index (χ1) is 22.7. The number of halogens is 1. The number of carbonyl (C=O) groups excluding carboxylic acids is 2. The summed E-state index contributed by atoms with van der Waals surface area (Å²) in [6.45, 7) is 7.19. The largest absolute Gasteiger partial charge is 0.496 e. The maximum Gasteiger partial charge on any atom is 0.254 e. The van der Waals surface area contributed by atoms with E-state index in [1.807, 2.05) is 39.1 Å². The molecule has 2 unspecified atom stereocenters. The number of nitrogens with one attached hydrogen (secondary N) is 1. The maximum absolute atomic E-state index is 14.0. The summed E-state index contributed by atoms with van der Waals surface area (Å²) >= 11 is 1.55. The van der Waals surface area contributed by atoms with Gasteiger partial charge in [0.15, 0.2) is 5.76 Å². The molecule has 2 aromatic heterocycles. The van der Waals surface area contributed by atoms with Crippen LogP contribution >= 0.6 is 23.7 Å². The van der Waals surface area contributed by atoms with Gasteiger partial charge in [-0.3, -0.25) is 9.59 Å². The number of rotatable bonds is 20. The fraction of sp³-hybridized carbons (Fsp3) is 0.576. The summed E-state index contributed by atoms with van der Waals surface area (Å²) in [5.74, 6) is -0.724. The lowest BCUT2D eigenvalue weighted by molar-refractivity contribution is -0.140. The van der Waals surface area contributed by atoms with E-state index in [9.17, 15) is 14.7 Å². The topological polar surface area (TPSA) is 172 Å². The number of amides is 2. The van der Waals surface area contributed by atoms with Gasteiger partial charge in [0, 0.05) is 24.7 Å². The number of methoxy groups -OCH3 is 1. The van der Waals surface area contributed by atoms with Gasteiger partial charge < -0.3 is 44.5 Å². The van der Waals surface area contributed by atoms with Crippen LogP contribution in [0.25, 0.3) is 10.4 Å². The summed E-state index contributed by atoms with van der Waals surface area (Å²) in [4.78, 5) is 33.1. The highest BCUT2D eigenvalue weighted by Gasteiger charge is 2.40. The molecule has 266 valence electrons. The minimum Gasteiger partial charge on any atom is -0.496 e. The highest BCUT2D eigenvalue weighted by molar-refractivity contribution is 7.13.